The average molecular weight is 340 g/mol. The Morgan fingerprint density at radius 2 is 2.25 bits per heavy atom. The van der Waals surface area contributed by atoms with E-state index in [-0.39, 0.29) is 6.42 Å². The molecule has 1 aliphatic rings. The van der Waals surface area contributed by atoms with Gasteiger partial charge >= 0.3 is 5.97 Å². The second kappa shape index (κ2) is 7.23. The number of carboxylic acids is 1. The molecule has 2 rings (SSSR count). The Kier molecular flexibility index (Phi) is 5.61. The molecule has 0 radical (unpaired) electrons. The molecule has 1 atom stereocenters. The Hall–Kier alpha value is -0.870. The number of hydrogen-bond acceptors (Lipinski definition) is 2. The molecule has 1 N–H and O–H groups in total. The van der Waals surface area contributed by atoms with Crippen molar-refractivity contribution in [2.75, 3.05) is 6.54 Å². The summed E-state index contributed by atoms with van der Waals surface area (Å²) in [7, 11) is 0. The van der Waals surface area contributed by atoms with Crippen molar-refractivity contribution in [1.82, 2.24) is 4.90 Å². The maximum Gasteiger partial charge on any atom is 0.303 e. The van der Waals surface area contributed by atoms with E-state index < -0.39 is 5.97 Å². The smallest absolute Gasteiger partial charge is 0.303 e. The predicted molar refractivity (Wildman–Crippen MR) is 83.8 cm³/mol. The molecule has 0 aromatic heterocycles. The van der Waals surface area contributed by atoms with Crippen LogP contribution in [-0.2, 0) is 11.3 Å². The summed E-state index contributed by atoms with van der Waals surface area (Å²) in [6.45, 7) is 4.07. The molecule has 110 valence electrons. The lowest BCUT2D eigenvalue weighted by Crippen LogP contribution is -2.39. The number of halogens is 1. The summed E-state index contributed by atoms with van der Waals surface area (Å²) in [5.74, 6) is -0.688. The van der Waals surface area contributed by atoms with Crippen LogP contribution in [0.5, 0.6) is 0 Å². The maximum atomic E-state index is 10.8. The summed E-state index contributed by atoms with van der Waals surface area (Å²) in [4.78, 5) is 13.2. The first kappa shape index (κ1) is 15.5. The lowest BCUT2D eigenvalue weighted by molar-refractivity contribution is -0.137. The summed E-state index contributed by atoms with van der Waals surface area (Å²) < 4.78 is 1.15. The van der Waals surface area contributed by atoms with Crippen LogP contribution in [0, 0.1) is 6.92 Å². The number of carboxylic acid groups (broad SMARTS) is 1. The molecule has 3 nitrogen and oxygen atoms in total. The molecule has 1 fully saturated rings. The first-order valence-corrected chi connectivity index (χ1v) is 8.06. The van der Waals surface area contributed by atoms with Crippen LogP contribution in [0.25, 0.3) is 0 Å². The van der Waals surface area contributed by atoms with Crippen LogP contribution in [0.4, 0.5) is 0 Å². The van der Waals surface area contributed by atoms with E-state index in [1.54, 1.807) is 0 Å². The number of nitrogens with zero attached hydrogens (tertiary/aromatic N) is 1. The highest BCUT2D eigenvalue weighted by atomic mass is 79.9. The summed E-state index contributed by atoms with van der Waals surface area (Å²) in [5.41, 5.74) is 2.54. The molecule has 0 bridgehead atoms. The number of benzene rings is 1. The van der Waals surface area contributed by atoms with E-state index in [1.807, 2.05) is 0 Å². The fraction of sp³-hybridized carbons (Fsp3) is 0.562. The van der Waals surface area contributed by atoms with Gasteiger partial charge in [-0.15, -0.1) is 0 Å². The van der Waals surface area contributed by atoms with Crippen LogP contribution in [0.15, 0.2) is 22.7 Å². The van der Waals surface area contributed by atoms with E-state index in [1.165, 1.54) is 24.0 Å². The summed E-state index contributed by atoms with van der Waals surface area (Å²) in [5, 5.41) is 8.87. The number of rotatable bonds is 5. The summed E-state index contributed by atoms with van der Waals surface area (Å²) >= 11 is 3.64. The minimum atomic E-state index is -0.688. The summed E-state index contributed by atoms with van der Waals surface area (Å²) in [6, 6.07) is 6.86. The summed E-state index contributed by atoms with van der Waals surface area (Å²) in [6.07, 6.45) is 4.59. The second-order valence-corrected chi connectivity index (χ2v) is 6.50. The Morgan fingerprint density at radius 3 is 2.95 bits per heavy atom. The monoisotopic (exact) mass is 339 g/mol. The van der Waals surface area contributed by atoms with E-state index >= 15 is 0 Å². The van der Waals surface area contributed by atoms with Gasteiger partial charge in [0.25, 0.3) is 0 Å². The van der Waals surface area contributed by atoms with E-state index in [4.69, 9.17) is 5.11 Å². The molecule has 4 heteroatoms. The number of aliphatic carboxylic acids is 1. The van der Waals surface area contributed by atoms with Crippen molar-refractivity contribution in [2.24, 2.45) is 0 Å². The van der Waals surface area contributed by atoms with Gasteiger partial charge < -0.3 is 5.11 Å². The Labute approximate surface area is 129 Å². The average Bonchev–Trinajstić information content (AvgIpc) is 2.41. The first-order chi connectivity index (χ1) is 9.56. The molecule has 1 unspecified atom stereocenters. The van der Waals surface area contributed by atoms with Gasteiger partial charge in [0.2, 0.25) is 0 Å². The van der Waals surface area contributed by atoms with Gasteiger partial charge in [-0.2, -0.15) is 0 Å². The number of hydrogen-bond donors (Lipinski definition) is 1. The van der Waals surface area contributed by atoms with Gasteiger partial charge in [0.15, 0.2) is 0 Å². The topological polar surface area (TPSA) is 40.5 Å². The highest BCUT2D eigenvalue weighted by Crippen LogP contribution is 2.26. The van der Waals surface area contributed by atoms with Crippen LogP contribution in [-0.4, -0.2) is 28.6 Å². The quantitative estimate of drug-likeness (QED) is 0.882. The lowest BCUT2D eigenvalue weighted by atomic mass is 9.97. The molecule has 1 aromatic rings. The van der Waals surface area contributed by atoms with E-state index in [2.05, 4.69) is 46.0 Å². The molecular weight excluding hydrogens is 318 g/mol. The van der Waals surface area contributed by atoms with Crippen molar-refractivity contribution in [3.63, 3.8) is 0 Å². The third kappa shape index (κ3) is 4.32. The number of aryl methyl sites for hydroxylation is 1. The molecule has 20 heavy (non-hydrogen) atoms. The SMILES string of the molecule is Cc1ccc(CN2CCCCC2CCC(=O)O)c(Br)c1. The van der Waals surface area contributed by atoms with E-state index in [9.17, 15) is 4.79 Å². The number of likely N-dealkylation sites (tertiary alicyclic amines) is 1. The molecule has 0 aliphatic carbocycles. The van der Waals surface area contributed by atoms with Gasteiger partial charge in [-0.1, -0.05) is 34.5 Å². The minimum absolute atomic E-state index is 0.274. The molecule has 0 saturated carbocycles. The van der Waals surface area contributed by atoms with E-state index in [0.717, 1.165) is 30.4 Å². The highest BCUT2D eigenvalue weighted by Gasteiger charge is 2.23. The van der Waals surface area contributed by atoms with Gasteiger partial charge in [-0.05, 0) is 49.9 Å². The zero-order valence-corrected chi connectivity index (χ0v) is 13.5. The van der Waals surface area contributed by atoms with Crippen molar-refractivity contribution in [3.05, 3.63) is 33.8 Å². The molecule has 1 aliphatic heterocycles. The molecule has 1 saturated heterocycles. The molecule has 1 heterocycles. The normalized spacial score (nSPS) is 20.0. The van der Waals surface area contributed by atoms with Crippen LogP contribution in [0.3, 0.4) is 0 Å². The fourth-order valence-corrected chi connectivity index (χ4v) is 3.50. The Bertz CT molecular complexity index is 476. The van der Waals surface area contributed by atoms with Gasteiger partial charge in [-0.25, -0.2) is 0 Å². The zero-order chi connectivity index (χ0) is 14.5. The van der Waals surface area contributed by atoms with Gasteiger partial charge in [0.05, 0.1) is 0 Å². The largest absolute Gasteiger partial charge is 0.481 e. The van der Waals surface area contributed by atoms with Gasteiger partial charge in [0, 0.05) is 23.5 Å². The molecule has 0 spiro atoms. The minimum Gasteiger partial charge on any atom is -0.481 e. The lowest BCUT2D eigenvalue weighted by Gasteiger charge is -2.36. The number of carbonyl (C=O) groups is 1. The second-order valence-electron chi connectivity index (χ2n) is 5.65. The van der Waals surface area contributed by atoms with Gasteiger partial charge in [0.1, 0.15) is 0 Å². The van der Waals surface area contributed by atoms with Crippen molar-refractivity contribution in [3.8, 4) is 0 Å². The van der Waals surface area contributed by atoms with Crippen LogP contribution in [0.1, 0.15) is 43.2 Å². The fourth-order valence-electron chi connectivity index (χ4n) is 2.88. The van der Waals surface area contributed by atoms with E-state index in [0.29, 0.717) is 6.04 Å². The third-order valence-corrected chi connectivity index (χ3v) is 4.76. The first-order valence-electron chi connectivity index (χ1n) is 7.27. The molecular formula is C16H22BrNO2. The van der Waals surface area contributed by atoms with Crippen molar-refractivity contribution >= 4 is 21.9 Å². The molecule has 1 aromatic carbocycles. The standard InChI is InChI=1S/C16H22BrNO2/c1-12-5-6-13(15(17)10-12)11-18-9-3-2-4-14(18)7-8-16(19)20/h5-6,10,14H,2-4,7-9,11H2,1H3,(H,19,20). The molecule has 0 amide bonds. The highest BCUT2D eigenvalue weighted by molar-refractivity contribution is 9.10. The van der Waals surface area contributed by atoms with Crippen LogP contribution in [0.2, 0.25) is 0 Å². The third-order valence-electron chi connectivity index (χ3n) is 4.02. The maximum absolute atomic E-state index is 10.8. The van der Waals surface area contributed by atoms with Crippen molar-refractivity contribution < 1.29 is 9.90 Å². The van der Waals surface area contributed by atoms with Crippen LogP contribution >= 0.6 is 15.9 Å². The van der Waals surface area contributed by atoms with Gasteiger partial charge in [-0.3, -0.25) is 9.69 Å². The van der Waals surface area contributed by atoms with Crippen LogP contribution < -0.4 is 0 Å². The zero-order valence-electron chi connectivity index (χ0n) is 11.9. The van der Waals surface area contributed by atoms with Crippen molar-refractivity contribution in [2.45, 2.75) is 51.6 Å². The number of piperidine rings is 1. The Balaban J connectivity index is 2.02. The Morgan fingerprint density at radius 1 is 1.45 bits per heavy atom. The predicted octanol–water partition coefficient (Wildman–Crippen LogP) is 3.98. The van der Waals surface area contributed by atoms with Crippen molar-refractivity contribution in [1.29, 1.82) is 0 Å².